The zero-order chi connectivity index (χ0) is 20.9. The molecule has 3 heteroatoms. The molecule has 0 heterocycles. The molecule has 5 aliphatic carbocycles. The van der Waals surface area contributed by atoms with E-state index in [1.54, 1.807) is 6.92 Å². The first kappa shape index (κ1) is 20.3. The Morgan fingerprint density at radius 1 is 0.897 bits per heavy atom. The lowest BCUT2D eigenvalue weighted by molar-refractivity contribution is -0.180. The molecule has 5 saturated carbocycles. The minimum absolute atomic E-state index is 0.0923. The van der Waals surface area contributed by atoms with Crippen molar-refractivity contribution >= 4 is 5.97 Å². The monoisotopic (exact) mass is 402 g/mol. The van der Waals surface area contributed by atoms with Crippen LogP contribution in [0.5, 0.6) is 0 Å². The number of carbonyl (C=O) groups excluding carboxylic acids is 1. The number of aliphatic hydroxyl groups excluding tert-OH is 1. The van der Waals surface area contributed by atoms with Crippen LogP contribution in [0.25, 0.3) is 0 Å². The third-order valence-corrected chi connectivity index (χ3v) is 12.0. The van der Waals surface area contributed by atoms with Crippen LogP contribution in [-0.4, -0.2) is 23.8 Å². The lowest BCUT2D eigenvalue weighted by Crippen LogP contribution is -2.57. The van der Waals surface area contributed by atoms with Gasteiger partial charge in [-0.2, -0.15) is 0 Å². The van der Waals surface area contributed by atoms with E-state index in [4.69, 9.17) is 4.74 Å². The molecular weight excluding hydrogens is 360 g/mol. The number of carbonyl (C=O) groups is 1. The molecule has 5 aliphatic rings. The van der Waals surface area contributed by atoms with E-state index in [9.17, 15) is 9.90 Å². The van der Waals surface area contributed by atoms with Gasteiger partial charge >= 0.3 is 5.97 Å². The predicted molar refractivity (Wildman–Crippen MR) is 114 cm³/mol. The van der Waals surface area contributed by atoms with E-state index in [0.717, 1.165) is 18.8 Å². The van der Waals surface area contributed by atoms with Crippen molar-refractivity contribution in [2.45, 2.75) is 105 Å². The van der Waals surface area contributed by atoms with E-state index in [1.165, 1.54) is 51.4 Å². The molecule has 164 valence electrons. The van der Waals surface area contributed by atoms with Crippen LogP contribution >= 0.6 is 0 Å². The van der Waals surface area contributed by atoms with E-state index < -0.39 is 0 Å². The van der Waals surface area contributed by atoms with Crippen molar-refractivity contribution in [2.24, 2.45) is 44.8 Å². The van der Waals surface area contributed by atoms with Gasteiger partial charge in [-0.25, -0.2) is 0 Å². The van der Waals surface area contributed by atoms with Crippen molar-refractivity contribution in [3.05, 3.63) is 0 Å². The number of fused-ring (bicyclic) bond motifs is 2. The summed E-state index contributed by atoms with van der Waals surface area (Å²) in [5, 5.41) is 9.67. The normalized spacial score (nSPS) is 54.6. The first-order valence-corrected chi connectivity index (χ1v) is 12.4. The first-order chi connectivity index (χ1) is 13.6. The lowest BCUT2D eigenvalue weighted by Gasteiger charge is -2.63. The van der Waals surface area contributed by atoms with Crippen LogP contribution in [0.15, 0.2) is 0 Å². The molecule has 2 spiro atoms. The molecular formula is C26H42O3. The van der Waals surface area contributed by atoms with E-state index in [2.05, 4.69) is 27.7 Å². The summed E-state index contributed by atoms with van der Waals surface area (Å²) >= 11 is 0. The average Bonchev–Trinajstić information content (AvgIpc) is 3.24. The van der Waals surface area contributed by atoms with Crippen LogP contribution in [0.4, 0.5) is 0 Å². The number of rotatable bonds is 3. The highest BCUT2D eigenvalue weighted by Crippen LogP contribution is 2.89. The van der Waals surface area contributed by atoms with Crippen molar-refractivity contribution in [1.82, 2.24) is 0 Å². The Balaban J connectivity index is 1.46. The van der Waals surface area contributed by atoms with E-state index in [-0.39, 0.29) is 17.5 Å². The van der Waals surface area contributed by atoms with E-state index >= 15 is 0 Å². The SMILES string of the molecule is CC(=O)O[C@H]1CC[C@]23C[C@]24CC[C@]2(C)C(CCO)CC[C@@]2(C)C4CCC3C1(C)C. The fourth-order valence-electron chi connectivity index (χ4n) is 10.5. The quantitative estimate of drug-likeness (QED) is 0.612. The maximum atomic E-state index is 11.7. The molecule has 0 radical (unpaired) electrons. The molecule has 0 aliphatic heterocycles. The predicted octanol–water partition coefficient (Wildman–Crippen LogP) is 5.74. The summed E-state index contributed by atoms with van der Waals surface area (Å²) in [5.74, 6) is 2.15. The molecule has 0 aromatic heterocycles. The van der Waals surface area contributed by atoms with E-state index in [0.29, 0.717) is 40.1 Å². The Labute approximate surface area is 177 Å². The van der Waals surface area contributed by atoms with Gasteiger partial charge < -0.3 is 9.84 Å². The molecule has 0 aromatic carbocycles. The van der Waals surface area contributed by atoms with Gasteiger partial charge in [0.15, 0.2) is 0 Å². The van der Waals surface area contributed by atoms with Gasteiger partial charge in [-0.1, -0.05) is 27.7 Å². The molecule has 0 amide bonds. The fraction of sp³-hybridized carbons (Fsp3) is 0.962. The van der Waals surface area contributed by atoms with Gasteiger partial charge in [0.25, 0.3) is 0 Å². The van der Waals surface area contributed by atoms with Gasteiger partial charge in [-0.3, -0.25) is 4.79 Å². The number of hydrogen-bond donors (Lipinski definition) is 1. The summed E-state index contributed by atoms with van der Waals surface area (Å²) in [6, 6.07) is 0. The summed E-state index contributed by atoms with van der Waals surface area (Å²) in [5.41, 5.74) is 2.00. The number of ether oxygens (including phenoxy) is 1. The highest BCUT2D eigenvalue weighted by atomic mass is 16.5. The van der Waals surface area contributed by atoms with Crippen molar-refractivity contribution < 1.29 is 14.6 Å². The largest absolute Gasteiger partial charge is 0.462 e. The Kier molecular flexibility index (Phi) is 4.22. The molecule has 29 heavy (non-hydrogen) atoms. The fourth-order valence-corrected chi connectivity index (χ4v) is 10.5. The van der Waals surface area contributed by atoms with Crippen molar-refractivity contribution in [1.29, 1.82) is 0 Å². The Bertz CT molecular complexity index is 715. The molecule has 3 nitrogen and oxygen atoms in total. The van der Waals surface area contributed by atoms with Crippen LogP contribution in [0.1, 0.15) is 98.8 Å². The molecule has 0 bridgehead atoms. The van der Waals surface area contributed by atoms with Crippen LogP contribution in [0, 0.1) is 44.8 Å². The smallest absolute Gasteiger partial charge is 0.302 e. The average molecular weight is 403 g/mol. The second kappa shape index (κ2) is 6.02. The van der Waals surface area contributed by atoms with Crippen LogP contribution in [-0.2, 0) is 9.53 Å². The second-order valence-corrected chi connectivity index (χ2v) is 12.7. The maximum absolute atomic E-state index is 11.7. The summed E-state index contributed by atoms with van der Waals surface area (Å²) in [6.45, 7) is 11.9. The maximum Gasteiger partial charge on any atom is 0.302 e. The van der Waals surface area contributed by atoms with Crippen LogP contribution in [0.3, 0.4) is 0 Å². The van der Waals surface area contributed by atoms with Gasteiger partial charge in [-0.05, 0) is 104 Å². The first-order valence-electron chi connectivity index (χ1n) is 12.4. The third-order valence-electron chi connectivity index (χ3n) is 12.0. The van der Waals surface area contributed by atoms with E-state index in [1.807, 2.05) is 0 Å². The second-order valence-electron chi connectivity index (χ2n) is 12.7. The van der Waals surface area contributed by atoms with Gasteiger partial charge in [0.05, 0.1) is 0 Å². The molecule has 5 fully saturated rings. The zero-order valence-corrected chi connectivity index (χ0v) is 19.4. The highest BCUT2D eigenvalue weighted by Gasteiger charge is 2.82. The Morgan fingerprint density at radius 2 is 1.59 bits per heavy atom. The molecule has 0 aromatic rings. The number of esters is 1. The van der Waals surface area contributed by atoms with Crippen LogP contribution < -0.4 is 0 Å². The van der Waals surface area contributed by atoms with Crippen molar-refractivity contribution in [3.63, 3.8) is 0 Å². The summed E-state index contributed by atoms with van der Waals surface area (Å²) in [4.78, 5) is 11.7. The van der Waals surface area contributed by atoms with Gasteiger partial charge in [0.2, 0.25) is 0 Å². The standard InChI is InChI=1S/C26H42O3/c1-17(28)29-21-9-12-25-16-26(25)14-13-23(4)18(10-15-27)8-11-24(23,5)20(26)7-6-19(25)22(21,2)3/h18-21,27H,6-16H2,1-5H3/t18?,19?,20?,21-,23+,24-,25+,26-/m0/s1. The summed E-state index contributed by atoms with van der Waals surface area (Å²) in [6.07, 6.45) is 12.9. The minimum Gasteiger partial charge on any atom is -0.462 e. The molecule has 1 N–H and O–H groups in total. The lowest BCUT2D eigenvalue weighted by atomic mass is 9.42. The van der Waals surface area contributed by atoms with Gasteiger partial charge in [-0.15, -0.1) is 0 Å². The third kappa shape index (κ3) is 2.27. The zero-order valence-electron chi connectivity index (χ0n) is 19.4. The van der Waals surface area contributed by atoms with Crippen molar-refractivity contribution in [2.75, 3.05) is 6.61 Å². The highest BCUT2D eigenvalue weighted by molar-refractivity contribution is 5.66. The van der Waals surface area contributed by atoms with Gasteiger partial charge in [0.1, 0.15) is 6.10 Å². The molecule has 5 rings (SSSR count). The minimum atomic E-state index is -0.111. The molecule has 8 atom stereocenters. The number of hydrogen-bond acceptors (Lipinski definition) is 3. The molecule has 0 saturated heterocycles. The van der Waals surface area contributed by atoms with Crippen molar-refractivity contribution in [3.8, 4) is 0 Å². The molecule has 3 unspecified atom stereocenters. The Morgan fingerprint density at radius 3 is 2.28 bits per heavy atom. The topological polar surface area (TPSA) is 46.5 Å². The Hall–Kier alpha value is -0.570. The summed E-state index contributed by atoms with van der Waals surface area (Å²) in [7, 11) is 0. The number of aliphatic hydroxyl groups is 1. The summed E-state index contributed by atoms with van der Waals surface area (Å²) < 4.78 is 5.84. The van der Waals surface area contributed by atoms with Gasteiger partial charge in [0, 0.05) is 18.9 Å². The van der Waals surface area contributed by atoms with Crippen LogP contribution in [0.2, 0.25) is 0 Å².